The zero-order valence-corrected chi connectivity index (χ0v) is 11.1. The molecule has 0 saturated carbocycles. The van der Waals surface area contributed by atoms with Crippen molar-refractivity contribution in [3.05, 3.63) is 12.2 Å². The van der Waals surface area contributed by atoms with Gasteiger partial charge in [0.05, 0.1) is 6.61 Å². The fourth-order valence-electron chi connectivity index (χ4n) is 1.26. The van der Waals surface area contributed by atoms with E-state index in [1.165, 1.54) is 6.42 Å². The molecule has 0 rings (SSSR count). The van der Waals surface area contributed by atoms with Gasteiger partial charge >= 0.3 is 0 Å². The Labute approximate surface area is 96.7 Å². The molecule has 0 amide bonds. The van der Waals surface area contributed by atoms with Gasteiger partial charge in [-0.05, 0) is 38.5 Å². The van der Waals surface area contributed by atoms with Crippen LogP contribution in [0, 0.1) is 0 Å². The van der Waals surface area contributed by atoms with Crippen molar-refractivity contribution in [3.63, 3.8) is 0 Å². The molecule has 0 aliphatic heterocycles. The molecule has 0 heterocycles. The molecule has 0 radical (unpaired) electrons. The van der Waals surface area contributed by atoms with Crippen LogP contribution in [0.25, 0.3) is 0 Å². The first-order valence-corrected chi connectivity index (χ1v) is 6.43. The Kier molecular flexibility index (Phi) is 14.2. The summed E-state index contributed by atoms with van der Waals surface area (Å²) in [5, 5.41) is 0. The van der Waals surface area contributed by atoms with Gasteiger partial charge < -0.3 is 9.26 Å². The minimum atomic E-state index is 0.840. The highest BCUT2D eigenvalue weighted by atomic mass is 31.0. The lowest BCUT2D eigenvalue weighted by atomic mass is 10.2. The first kappa shape index (κ1) is 15.1. The van der Waals surface area contributed by atoms with Crippen molar-refractivity contribution >= 4 is 9.47 Å². The minimum absolute atomic E-state index is 0.840. The second kappa shape index (κ2) is 14.1. The summed E-state index contributed by atoms with van der Waals surface area (Å²) in [7, 11) is 2.28. The van der Waals surface area contributed by atoms with E-state index in [4.69, 9.17) is 9.26 Å². The average molecular weight is 232 g/mol. The summed E-state index contributed by atoms with van der Waals surface area (Å²) in [5.74, 6) is 0. The lowest BCUT2D eigenvalue weighted by Crippen LogP contribution is -1.97. The van der Waals surface area contributed by atoms with Crippen molar-refractivity contribution in [1.29, 1.82) is 0 Å². The Bertz CT molecular complexity index is 138. The summed E-state index contributed by atoms with van der Waals surface area (Å²) in [6, 6.07) is 0. The van der Waals surface area contributed by atoms with E-state index in [-0.39, 0.29) is 0 Å². The number of unbranched alkanes of at least 4 members (excludes halogenated alkanes) is 3. The standard InChI is InChI=1S/C12H25O2P/c1-2-3-4-5-7-10-13-11-8-6-9-12-14-15/h3-4H,2,5-12,15H2,1H3. The van der Waals surface area contributed by atoms with Crippen LogP contribution in [-0.4, -0.2) is 19.8 Å². The van der Waals surface area contributed by atoms with Gasteiger partial charge in [-0.3, -0.25) is 0 Å². The van der Waals surface area contributed by atoms with Gasteiger partial charge in [0.1, 0.15) is 0 Å². The molecule has 3 heteroatoms. The Morgan fingerprint density at radius 1 is 0.933 bits per heavy atom. The third-order valence-corrected chi connectivity index (χ3v) is 2.35. The Morgan fingerprint density at radius 3 is 2.40 bits per heavy atom. The van der Waals surface area contributed by atoms with Crippen molar-refractivity contribution in [2.75, 3.05) is 19.8 Å². The number of hydrogen-bond donors (Lipinski definition) is 0. The van der Waals surface area contributed by atoms with E-state index in [9.17, 15) is 0 Å². The quantitative estimate of drug-likeness (QED) is 0.307. The average Bonchev–Trinajstić information content (AvgIpc) is 2.26. The van der Waals surface area contributed by atoms with E-state index in [1.54, 1.807) is 0 Å². The fourth-order valence-corrected chi connectivity index (χ4v) is 1.42. The molecule has 1 unspecified atom stereocenters. The second-order valence-corrected chi connectivity index (χ2v) is 3.90. The minimum Gasteiger partial charge on any atom is -0.381 e. The summed E-state index contributed by atoms with van der Waals surface area (Å²) in [4.78, 5) is 0. The third-order valence-electron chi connectivity index (χ3n) is 2.11. The highest BCUT2D eigenvalue weighted by Crippen LogP contribution is 1.99. The predicted molar refractivity (Wildman–Crippen MR) is 69.0 cm³/mol. The largest absolute Gasteiger partial charge is 0.381 e. The van der Waals surface area contributed by atoms with Gasteiger partial charge in [-0.2, -0.15) is 0 Å². The van der Waals surface area contributed by atoms with Crippen LogP contribution in [-0.2, 0) is 9.26 Å². The molecule has 0 aliphatic rings. The van der Waals surface area contributed by atoms with Crippen molar-refractivity contribution < 1.29 is 9.26 Å². The first-order chi connectivity index (χ1) is 7.41. The maximum Gasteiger partial charge on any atom is 0.0501 e. The van der Waals surface area contributed by atoms with E-state index in [0.29, 0.717) is 0 Å². The van der Waals surface area contributed by atoms with Gasteiger partial charge in [0.2, 0.25) is 0 Å². The first-order valence-electron chi connectivity index (χ1n) is 5.96. The van der Waals surface area contributed by atoms with E-state index >= 15 is 0 Å². The van der Waals surface area contributed by atoms with Crippen LogP contribution in [0.15, 0.2) is 12.2 Å². The van der Waals surface area contributed by atoms with Crippen LogP contribution in [0.5, 0.6) is 0 Å². The van der Waals surface area contributed by atoms with Crippen molar-refractivity contribution in [1.82, 2.24) is 0 Å². The fraction of sp³-hybridized carbons (Fsp3) is 0.833. The Hall–Kier alpha value is 0.0900. The smallest absolute Gasteiger partial charge is 0.0501 e. The van der Waals surface area contributed by atoms with Crippen molar-refractivity contribution in [2.24, 2.45) is 0 Å². The summed E-state index contributed by atoms with van der Waals surface area (Å²) in [5.41, 5.74) is 0. The number of ether oxygens (including phenoxy) is 1. The highest BCUT2D eigenvalue weighted by Gasteiger charge is 1.90. The summed E-state index contributed by atoms with van der Waals surface area (Å²) in [6.45, 7) is 4.79. The molecule has 0 spiro atoms. The maximum absolute atomic E-state index is 5.51. The lowest BCUT2D eigenvalue weighted by molar-refractivity contribution is 0.127. The van der Waals surface area contributed by atoms with Gasteiger partial charge in [0.25, 0.3) is 0 Å². The number of allylic oxidation sites excluding steroid dienone is 2. The van der Waals surface area contributed by atoms with Crippen molar-refractivity contribution in [3.8, 4) is 0 Å². The molecule has 2 nitrogen and oxygen atoms in total. The molecule has 0 aliphatic carbocycles. The zero-order chi connectivity index (χ0) is 11.2. The maximum atomic E-state index is 5.51. The van der Waals surface area contributed by atoms with Gasteiger partial charge in [-0.25, -0.2) is 0 Å². The molecule has 0 fully saturated rings. The molecule has 0 aromatic heterocycles. The third kappa shape index (κ3) is 14.1. The van der Waals surface area contributed by atoms with Crippen LogP contribution in [0.2, 0.25) is 0 Å². The SMILES string of the molecule is CCC=CCCCOCCCCCOP. The zero-order valence-electron chi connectivity index (χ0n) is 9.91. The van der Waals surface area contributed by atoms with Gasteiger partial charge in [-0.15, -0.1) is 0 Å². The molecule has 0 aromatic rings. The van der Waals surface area contributed by atoms with E-state index in [1.807, 2.05) is 0 Å². The molecule has 0 bridgehead atoms. The van der Waals surface area contributed by atoms with Crippen LogP contribution < -0.4 is 0 Å². The summed E-state index contributed by atoms with van der Waals surface area (Å²) < 4.78 is 10.4. The monoisotopic (exact) mass is 232 g/mol. The summed E-state index contributed by atoms with van der Waals surface area (Å²) >= 11 is 0. The van der Waals surface area contributed by atoms with Gasteiger partial charge in [0.15, 0.2) is 0 Å². The van der Waals surface area contributed by atoms with Crippen molar-refractivity contribution in [2.45, 2.75) is 45.4 Å². The van der Waals surface area contributed by atoms with E-state index in [0.717, 1.165) is 51.9 Å². The molecule has 0 saturated heterocycles. The molecule has 0 N–H and O–H groups in total. The summed E-state index contributed by atoms with van der Waals surface area (Å²) in [6.07, 6.45) is 11.4. The molecule has 90 valence electrons. The van der Waals surface area contributed by atoms with Gasteiger partial charge in [-0.1, -0.05) is 19.1 Å². The molecule has 1 atom stereocenters. The molecule has 0 aromatic carbocycles. The Balaban J connectivity index is 2.89. The van der Waals surface area contributed by atoms with Crippen LogP contribution >= 0.6 is 9.47 Å². The Morgan fingerprint density at radius 2 is 1.67 bits per heavy atom. The van der Waals surface area contributed by atoms with Gasteiger partial charge in [0, 0.05) is 22.7 Å². The second-order valence-electron chi connectivity index (χ2n) is 3.57. The normalized spacial score (nSPS) is 11.3. The van der Waals surface area contributed by atoms with E-state index < -0.39 is 0 Å². The predicted octanol–water partition coefficient (Wildman–Crippen LogP) is 3.73. The molecular weight excluding hydrogens is 207 g/mol. The topological polar surface area (TPSA) is 18.5 Å². The number of hydrogen-bond acceptors (Lipinski definition) is 2. The number of rotatable bonds is 11. The van der Waals surface area contributed by atoms with Crippen LogP contribution in [0.4, 0.5) is 0 Å². The van der Waals surface area contributed by atoms with Crippen LogP contribution in [0.1, 0.15) is 45.4 Å². The molecule has 15 heavy (non-hydrogen) atoms. The van der Waals surface area contributed by atoms with E-state index in [2.05, 4.69) is 28.5 Å². The molecular formula is C12H25O2P. The van der Waals surface area contributed by atoms with Crippen LogP contribution in [0.3, 0.4) is 0 Å². The highest BCUT2D eigenvalue weighted by molar-refractivity contribution is 7.09. The lowest BCUT2D eigenvalue weighted by Gasteiger charge is -2.02.